The summed E-state index contributed by atoms with van der Waals surface area (Å²) in [6, 6.07) is 27.1. The molecule has 0 aliphatic carbocycles. The second-order valence-corrected chi connectivity index (χ2v) is 7.75. The average Bonchev–Trinajstić information content (AvgIpc) is 3.13. The molecule has 0 bridgehead atoms. The summed E-state index contributed by atoms with van der Waals surface area (Å²) in [4.78, 5) is 12.4. The fourth-order valence-corrected chi connectivity index (χ4v) is 3.87. The van der Waals surface area contributed by atoms with E-state index in [4.69, 9.17) is 4.74 Å². The number of phenols is 1. The van der Waals surface area contributed by atoms with Crippen molar-refractivity contribution in [2.75, 3.05) is 6.61 Å². The van der Waals surface area contributed by atoms with Crippen molar-refractivity contribution in [2.24, 2.45) is 10.2 Å². The number of ether oxygens (including phenoxy) is 1. The highest BCUT2D eigenvalue weighted by Gasteiger charge is 2.17. The molecule has 34 heavy (non-hydrogen) atoms. The average molecular weight is 451 g/mol. The van der Waals surface area contributed by atoms with Gasteiger partial charge in [0, 0.05) is 10.9 Å². The normalized spacial score (nSPS) is 11.4. The number of amides is 1. The molecule has 0 unspecified atom stereocenters. The predicted octanol–water partition coefficient (Wildman–Crippen LogP) is 6.21. The van der Waals surface area contributed by atoms with E-state index in [-0.39, 0.29) is 22.9 Å². The summed E-state index contributed by atoms with van der Waals surface area (Å²) in [7, 11) is 0. The minimum Gasteiger partial charge on any atom is -0.508 e. The van der Waals surface area contributed by atoms with Gasteiger partial charge in [-0.25, -0.2) is 0 Å². The third-order valence-electron chi connectivity index (χ3n) is 5.58. The van der Waals surface area contributed by atoms with Crippen LogP contribution in [0.3, 0.4) is 0 Å². The van der Waals surface area contributed by atoms with E-state index in [0.29, 0.717) is 18.5 Å². The summed E-state index contributed by atoms with van der Waals surface area (Å²) in [6.45, 7) is 0.703. The largest absolute Gasteiger partial charge is 0.508 e. The molecule has 5 rings (SSSR count). The van der Waals surface area contributed by atoms with Crippen LogP contribution in [0.4, 0.5) is 5.69 Å². The fourth-order valence-electron chi connectivity index (χ4n) is 3.87. The van der Waals surface area contributed by atoms with E-state index < -0.39 is 5.91 Å². The summed E-state index contributed by atoms with van der Waals surface area (Å²) in [5, 5.41) is 31.0. The lowest BCUT2D eigenvalue weighted by Gasteiger charge is -2.10. The van der Waals surface area contributed by atoms with Gasteiger partial charge in [0.2, 0.25) is 5.88 Å². The van der Waals surface area contributed by atoms with Crippen LogP contribution < -0.4 is 4.74 Å². The summed E-state index contributed by atoms with van der Waals surface area (Å²) in [6.07, 6.45) is 0. The van der Waals surface area contributed by atoms with Crippen molar-refractivity contribution in [2.45, 2.75) is 6.54 Å². The molecular weight excluding hydrogens is 430 g/mol. The van der Waals surface area contributed by atoms with Crippen molar-refractivity contribution >= 4 is 33.3 Å². The van der Waals surface area contributed by atoms with Crippen LogP contribution in [-0.2, 0) is 6.54 Å². The first-order chi connectivity index (χ1) is 16.6. The number of carbonyl (C=O) groups is 1. The first-order valence-corrected chi connectivity index (χ1v) is 10.8. The Morgan fingerprint density at radius 1 is 0.853 bits per heavy atom. The molecule has 0 radical (unpaired) electrons. The van der Waals surface area contributed by atoms with Crippen molar-refractivity contribution in [3.63, 3.8) is 0 Å². The second kappa shape index (κ2) is 9.07. The summed E-state index contributed by atoms with van der Waals surface area (Å²) >= 11 is 0. The topological polar surface area (TPSA) is 96.4 Å². The van der Waals surface area contributed by atoms with Gasteiger partial charge in [-0.3, -0.25) is 4.79 Å². The number of fused-ring (bicyclic) bond motifs is 2. The lowest BCUT2D eigenvalue weighted by atomic mass is 10.1. The molecule has 168 valence electrons. The summed E-state index contributed by atoms with van der Waals surface area (Å²) < 4.78 is 7.63. The number of hydrogen-bond donors (Lipinski definition) is 2. The maximum atomic E-state index is 12.4. The zero-order chi connectivity index (χ0) is 23.5. The van der Waals surface area contributed by atoms with Crippen LogP contribution in [0.5, 0.6) is 17.4 Å². The zero-order valence-electron chi connectivity index (χ0n) is 18.1. The third-order valence-corrected chi connectivity index (χ3v) is 5.58. The molecule has 0 saturated heterocycles. The minimum absolute atomic E-state index is 0.0557. The van der Waals surface area contributed by atoms with E-state index in [9.17, 15) is 15.0 Å². The van der Waals surface area contributed by atoms with Gasteiger partial charge in [0.1, 0.15) is 18.1 Å². The highest BCUT2D eigenvalue weighted by atomic mass is 16.5. The molecule has 7 nitrogen and oxygen atoms in total. The molecule has 0 atom stereocenters. The monoisotopic (exact) mass is 451 g/mol. The molecule has 0 saturated carbocycles. The maximum absolute atomic E-state index is 12.4. The molecule has 1 heterocycles. The first kappa shape index (κ1) is 21.2. The Kier molecular flexibility index (Phi) is 5.66. The molecule has 7 heteroatoms. The third kappa shape index (κ3) is 4.19. The molecule has 2 N–H and O–H groups in total. The van der Waals surface area contributed by atoms with Crippen LogP contribution in [0, 0.1) is 0 Å². The smallest absolute Gasteiger partial charge is 0.295 e. The van der Waals surface area contributed by atoms with Gasteiger partial charge in [0.05, 0.1) is 12.1 Å². The number of rotatable bonds is 6. The van der Waals surface area contributed by atoms with Crippen LogP contribution in [0.15, 0.2) is 101 Å². The Bertz CT molecular complexity index is 1520. The quantitative estimate of drug-likeness (QED) is 0.300. The van der Waals surface area contributed by atoms with Crippen LogP contribution in [0.2, 0.25) is 0 Å². The molecule has 0 fully saturated rings. The van der Waals surface area contributed by atoms with E-state index >= 15 is 0 Å². The van der Waals surface area contributed by atoms with Gasteiger partial charge >= 0.3 is 0 Å². The number of aromatic nitrogens is 1. The highest BCUT2D eigenvalue weighted by Crippen LogP contribution is 2.38. The van der Waals surface area contributed by atoms with E-state index in [1.165, 1.54) is 24.3 Å². The second-order valence-electron chi connectivity index (χ2n) is 7.75. The maximum Gasteiger partial charge on any atom is 0.295 e. The Labute approximate surface area is 195 Å². The number of benzene rings is 4. The molecule has 5 aromatic rings. The highest BCUT2D eigenvalue weighted by molar-refractivity contribution is 5.97. The lowest BCUT2D eigenvalue weighted by Crippen LogP contribution is -2.07. The number of azo groups is 1. The molecule has 1 amide bonds. The molecule has 0 aliphatic heterocycles. The molecule has 0 spiro atoms. The number of aromatic hydroxyl groups is 2. The van der Waals surface area contributed by atoms with E-state index in [0.717, 1.165) is 22.0 Å². The number of hydrogen-bond acceptors (Lipinski definition) is 5. The van der Waals surface area contributed by atoms with Crippen molar-refractivity contribution < 1.29 is 19.7 Å². The molecule has 0 aliphatic rings. The Hall–Kier alpha value is -4.65. The van der Waals surface area contributed by atoms with Gasteiger partial charge in [-0.05, 0) is 53.2 Å². The Morgan fingerprint density at radius 2 is 1.59 bits per heavy atom. The Morgan fingerprint density at radius 3 is 2.41 bits per heavy atom. The first-order valence-electron chi connectivity index (χ1n) is 10.8. The van der Waals surface area contributed by atoms with E-state index in [2.05, 4.69) is 10.2 Å². The number of para-hydroxylation sites is 1. The number of phenolic OH excluding ortho intramolecular Hbond substituents is 1. The fraction of sp³-hybridized carbons (Fsp3) is 0.0741. The molecule has 1 aromatic heterocycles. The predicted molar refractivity (Wildman–Crippen MR) is 130 cm³/mol. The Balaban J connectivity index is 1.37. The lowest BCUT2D eigenvalue weighted by molar-refractivity contribution is 0.0995. The number of carbonyl (C=O) groups excluding carboxylic acids is 1. The van der Waals surface area contributed by atoms with Gasteiger partial charge in [-0.15, -0.1) is 10.2 Å². The van der Waals surface area contributed by atoms with Gasteiger partial charge in [-0.2, -0.15) is 0 Å². The van der Waals surface area contributed by atoms with Gasteiger partial charge in [0.15, 0.2) is 5.69 Å². The van der Waals surface area contributed by atoms with Gasteiger partial charge < -0.3 is 19.5 Å². The van der Waals surface area contributed by atoms with Crippen molar-refractivity contribution in [1.82, 2.24) is 4.57 Å². The van der Waals surface area contributed by atoms with Crippen LogP contribution in [0.25, 0.3) is 21.7 Å². The molecular formula is C27H21N3O4. The van der Waals surface area contributed by atoms with Crippen LogP contribution >= 0.6 is 0 Å². The molecule has 4 aromatic carbocycles. The van der Waals surface area contributed by atoms with Gasteiger partial charge in [0.25, 0.3) is 5.91 Å². The van der Waals surface area contributed by atoms with Gasteiger partial charge in [-0.1, -0.05) is 48.5 Å². The number of nitrogens with zero attached hydrogens (tertiary/aromatic N) is 3. The van der Waals surface area contributed by atoms with Crippen molar-refractivity contribution in [1.29, 1.82) is 0 Å². The minimum atomic E-state index is -0.573. The summed E-state index contributed by atoms with van der Waals surface area (Å²) in [5.41, 5.74) is 1.26. The summed E-state index contributed by atoms with van der Waals surface area (Å²) in [5.74, 6) is 0.135. The van der Waals surface area contributed by atoms with E-state index in [1.54, 1.807) is 4.57 Å². The zero-order valence-corrected chi connectivity index (χ0v) is 18.1. The SMILES string of the molecule is O=C(N=Nc1c(O)n(CCOc2ccc3ccccc3c2)c2ccccc12)c1ccc(O)cc1. The van der Waals surface area contributed by atoms with E-state index in [1.807, 2.05) is 66.7 Å². The van der Waals surface area contributed by atoms with Crippen LogP contribution in [-0.4, -0.2) is 27.3 Å². The van der Waals surface area contributed by atoms with Crippen LogP contribution in [0.1, 0.15) is 10.4 Å². The standard InChI is InChI=1S/C27H21N3O4/c31-21-12-9-19(10-13-21)26(32)29-28-25-23-7-3-4-8-24(23)30(27(25)33)15-16-34-22-14-11-18-5-1-2-6-20(18)17-22/h1-14,17,31,33H,15-16H2. The van der Waals surface area contributed by atoms with Crippen molar-refractivity contribution in [3.8, 4) is 17.4 Å². The van der Waals surface area contributed by atoms with Crippen molar-refractivity contribution in [3.05, 3.63) is 96.6 Å².